The van der Waals surface area contributed by atoms with E-state index in [0.717, 1.165) is 27.6 Å². The van der Waals surface area contributed by atoms with E-state index in [0.29, 0.717) is 17.3 Å². The number of carbonyl (C=O) groups excluding carboxylic acids is 1. The molecule has 0 radical (unpaired) electrons. The molecule has 3 N–H and O–H groups in total. The molecule has 0 atom stereocenters. The predicted octanol–water partition coefficient (Wildman–Crippen LogP) is 5.86. The number of pyridine rings is 1. The SMILES string of the molecule is O=C(Nc1ccc(Cl)cc1)Nc1cccc2c1ccn2Cc1ccnc2[nH]ccc12. The Morgan fingerprint density at radius 1 is 1.00 bits per heavy atom. The summed E-state index contributed by atoms with van der Waals surface area (Å²) in [7, 11) is 0. The monoisotopic (exact) mass is 415 g/mol. The highest BCUT2D eigenvalue weighted by atomic mass is 35.5. The molecule has 5 aromatic rings. The summed E-state index contributed by atoms with van der Waals surface area (Å²) in [6.45, 7) is 0.709. The van der Waals surface area contributed by atoms with Gasteiger partial charge in [-0.3, -0.25) is 0 Å². The first-order valence-electron chi connectivity index (χ1n) is 9.50. The minimum Gasteiger partial charge on any atom is -0.346 e. The van der Waals surface area contributed by atoms with Gasteiger partial charge in [0.05, 0.1) is 11.2 Å². The lowest BCUT2D eigenvalue weighted by molar-refractivity contribution is 0.262. The number of urea groups is 1. The van der Waals surface area contributed by atoms with Gasteiger partial charge in [0.1, 0.15) is 5.65 Å². The average Bonchev–Trinajstić information content (AvgIpc) is 3.38. The van der Waals surface area contributed by atoms with Crippen molar-refractivity contribution in [2.45, 2.75) is 6.54 Å². The molecule has 7 heteroatoms. The molecule has 0 aliphatic heterocycles. The summed E-state index contributed by atoms with van der Waals surface area (Å²) in [6, 6.07) is 18.7. The maximum atomic E-state index is 12.5. The molecule has 5 rings (SSSR count). The third-order valence-corrected chi connectivity index (χ3v) is 5.31. The fourth-order valence-corrected chi connectivity index (χ4v) is 3.75. The van der Waals surface area contributed by atoms with Gasteiger partial charge in [-0.1, -0.05) is 17.7 Å². The zero-order valence-electron chi connectivity index (χ0n) is 15.9. The van der Waals surface area contributed by atoms with E-state index in [1.54, 1.807) is 24.3 Å². The second kappa shape index (κ2) is 7.57. The van der Waals surface area contributed by atoms with Crippen LogP contribution >= 0.6 is 11.6 Å². The molecular weight excluding hydrogens is 398 g/mol. The molecule has 0 saturated carbocycles. The first-order valence-corrected chi connectivity index (χ1v) is 9.87. The molecular formula is C23H18ClN5O. The summed E-state index contributed by atoms with van der Waals surface area (Å²) in [6.07, 6.45) is 5.75. The molecule has 2 aromatic carbocycles. The summed E-state index contributed by atoms with van der Waals surface area (Å²) >= 11 is 5.89. The van der Waals surface area contributed by atoms with Gasteiger partial charge in [-0.05, 0) is 60.2 Å². The van der Waals surface area contributed by atoms with Crippen LogP contribution in [0.4, 0.5) is 16.2 Å². The maximum Gasteiger partial charge on any atom is 0.323 e. The van der Waals surface area contributed by atoms with Gasteiger partial charge in [0.15, 0.2) is 0 Å². The standard InChI is InChI=1S/C23H18ClN5O/c24-16-4-6-17(7-5-16)27-23(30)28-20-2-1-3-21-19(20)10-13-29(21)14-15-8-11-25-22-18(15)9-12-26-22/h1-13H,14H2,(H,25,26)(H2,27,28,30). The molecule has 3 aromatic heterocycles. The van der Waals surface area contributed by atoms with Crippen molar-refractivity contribution in [1.82, 2.24) is 14.5 Å². The van der Waals surface area contributed by atoms with E-state index >= 15 is 0 Å². The number of nitrogens with zero attached hydrogens (tertiary/aromatic N) is 2. The van der Waals surface area contributed by atoms with Crippen LogP contribution in [-0.4, -0.2) is 20.6 Å². The number of fused-ring (bicyclic) bond motifs is 2. The van der Waals surface area contributed by atoms with Crippen molar-refractivity contribution < 1.29 is 4.79 Å². The van der Waals surface area contributed by atoms with Crippen molar-refractivity contribution >= 4 is 50.9 Å². The quantitative estimate of drug-likeness (QED) is 0.343. The normalized spacial score (nSPS) is 11.1. The Morgan fingerprint density at radius 3 is 2.73 bits per heavy atom. The Bertz CT molecular complexity index is 1350. The summed E-state index contributed by atoms with van der Waals surface area (Å²) in [4.78, 5) is 20.0. The van der Waals surface area contributed by atoms with Crippen LogP contribution in [0.15, 0.2) is 79.3 Å². The van der Waals surface area contributed by atoms with Crippen LogP contribution in [0.25, 0.3) is 21.9 Å². The Labute approximate surface area is 177 Å². The fourth-order valence-electron chi connectivity index (χ4n) is 3.63. The van der Waals surface area contributed by atoms with Crippen LogP contribution in [0, 0.1) is 0 Å². The van der Waals surface area contributed by atoms with E-state index in [9.17, 15) is 4.79 Å². The van der Waals surface area contributed by atoms with Crippen molar-refractivity contribution in [2.75, 3.05) is 10.6 Å². The summed E-state index contributed by atoms with van der Waals surface area (Å²) < 4.78 is 2.17. The molecule has 0 unspecified atom stereocenters. The zero-order valence-corrected chi connectivity index (χ0v) is 16.6. The predicted molar refractivity (Wildman–Crippen MR) is 121 cm³/mol. The molecule has 0 fully saturated rings. The lowest BCUT2D eigenvalue weighted by Crippen LogP contribution is -2.19. The third-order valence-electron chi connectivity index (χ3n) is 5.06. The van der Waals surface area contributed by atoms with Crippen molar-refractivity contribution in [1.29, 1.82) is 0 Å². The fraction of sp³-hybridized carbons (Fsp3) is 0.0435. The Morgan fingerprint density at radius 2 is 1.87 bits per heavy atom. The maximum absolute atomic E-state index is 12.5. The van der Waals surface area contributed by atoms with Crippen molar-refractivity contribution in [2.24, 2.45) is 0 Å². The van der Waals surface area contributed by atoms with Gasteiger partial charge in [-0.15, -0.1) is 0 Å². The Balaban J connectivity index is 1.40. The van der Waals surface area contributed by atoms with Gasteiger partial charge in [0, 0.05) is 46.6 Å². The second-order valence-corrected chi connectivity index (χ2v) is 7.41. The van der Waals surface area contributed by atoms with Gasteiger partial charge < -0.3 is 20.2 Å². The molecule has 0 bridgehead atoms. The summed E-state index contributed by atoms with van der Waals surface area (Å²) in [5.74, 6) is 0. The number of halogens is 1. The van der Waals surface area contributed by atoms with E-state index < -0.39 is 0 Å². The van der Waals surface area contributed by atoms with Crippen LogP contribution in [0.3, 0.4) is 0 Å². The molecule has 0 saturated heterocycles. The molecule has 6 nitrogen and oxygen atoms in total. The number of aromatic nitrogens is 3. The minimum atomic E-state index is -0.305. The zero-order chi connectivity index (χ0) is 20.5. The number of benzene rings is 2. The number of amides is 2. The number of hydrogen-bond acceptors (Lipinski definition) is 2. The molecule has 0 aliphatic rings. The van der Waals surface area contributed by atoms with Crippen molar-refractivity contribution in [3.05, 3.63) is 89.8 Å². The number of carbonyl (C=O) groups is 1. The highest BCUT2D eigenvalue weighted by Crippen LogP contribution is 2.26. The van der Waals surface area contributed by atoms with E-state index in [1.807, 2.05) is 55.0 Å². The third kappa shape index (κ3) is 3.49. The largest absolute Gasteiger partial charge is 0.346 e. The molecule has 30 heavy (non-hydrogen) atoms. The highest BCUT2D eigenvalue weighted by Gasteiger charge is 2.10. The number of hydrogen-bond donors (Lipinski definition) is 3. The van der Waals surface area contributed by atoms with Gasteiger partial charge in [0.2, 0.25) is 0 Å². The van der Waals surface area contributed by atoms with Crippen LogP contribution < -0.4 is 10.6 Å². The van der Waals surface area contributed by atoms with Crippen LogP contribution in [-0.2, 0) is 6.54 Å². The topological polar surface area (TPSA) is 74.7 Å². The molecule has 2 amide bonds. The summed E-state index contributed by atoms with van der Waals surface area (Å²) in [5, 5.41) is 8.47. The van der Waals surface area contributed by atoms with Gasteiger partial charge in [0.25, 0.3) is 0 Å². The lowest BCUT2D eigenvalue weighted by atomic mass is 10.2. The van der Waals surface area contributed by atoms with Crippen LogP contribution in [0.1, 0.15) is 5.56 Å². The number of nitrogens with one attached hydrogen (secondary N) is 3. The van der Waals surface area contributed by atoms with E-state index in [4.69, 9.17) is 11.6 Å². The number of rotatable bonds is 4. The molecule has 148 valence electrons. The van der Waals surface area contributed by atoms with Gasteiger partial charge >= 0.3 is 6.03 Å². The van der Waals surface area contributed by atoms with Crippen molar-refractivity contribution in [3.63, 3.8) is 0 Å². The van der Waals surface area contributed by atoms with Crippen LogP contribution in [0.5, 0.6) is 0 Å². The van der Waals surface area contributed by atoms with Crippen LogP contribution in [0.2, 0.25) is 5.02 Å². The summed E-state index contributed by atoms with van der Waals surface area (Å²) in [5.41, 5.74) is 4.52. The number of aromatic amines is 1. The molecule has 0 aliphatic carbocycles. The number of anilines is 2. The molecule has 0 spiro atoms. The van der Waals surface area contributed by atoms with Gasteiger partial charge in [-0.25, -0.2) is 9.78 Å². The number of H-pyrrole nitrogens is 1. The van der Waals surface area contributed by atoms with E-state index in [-0.39, 0.29) is 6.03 Å². The van der Waals surface area contributed by atoms with Crippen molar-refractivity contribution in [3.8, 4) is 0 Å². The Hall–Kier alpha value is -3.77. The first kappa shape index (κ1) is 18.3. The highest BCUT2D eigenvalue weighted by molar-refractivity contribution is 6.30. The smallest absolute Gasteiger partial charge is 0.323 e. The van der Waals surface area contributed by atoms with E-state index in [1.165, 1.54) is 5.56 Å². The second-order valence-electron chi connectivity index (χ2n) is 6.98. The van der Waals surface area contributed by atoms with E-state index in [2.05, 4.69) is 25.2 Å². The van der Waals surface area contributed by atoms with Gasteiger partial charge in [-0.2, -0.15) is 0 Å². The average molecular weight is 416 g/mol. The molecule has 3 heterocycles. The minimum absolute atomic E-state index is 0.305. The lowest BCUT2D eigenvalue weighted by Gasteiger charge is -2.10. The first-order chi connectivity index (χ1) is 14.7. The Kier molecular flexibility index (Phi) is 4.61.